The highest BCUT2D eigenvalue weighted by molar-refractivity contribution is 7.89. The van der Waals surface area contributed by atoms with Gasteiger partial charge in [-0.2, -0.15) is 18.3 Å². The number of hydrogen-bond donors (Lipinski definition) is 2. The number of hydrogen-bond acceptors (Lipinski definition) is 8. The third kappa shape index (κ3) is 4.72. The molecule has 1 aromatic carbocycles. The number of ether oxygens (including phenoxy) is 2. The van der Waals surface area contributed by atoms with Crippen molar-refractivity contribution in [1.82, 2.24) is 9.29 Å². The number of pyridine rings is 1. The first-order valence-corrected chi connectivity index (χ1v) is 10.1. The summed E-state index contributed by atoms with van der Waals surface area (Å²) in [6.45, 7) is -4.94. The summed E-state index contributed by atoms with van der Waals surface area (Å²) in [7, 11) is -4.25. The van der Waals surface area contributed by atoms with Gasteiger partial charge in [-0.1, -0.05) is 0 Å². The van der Waals surface area contributed by atoms with E-state index in [1.807, 2.05) is 0 Å². The van der Waals surface area contributed by atoms with Crippen molar-refractivity contribution in [2.75, 3.05) is 19.7 Å². The van der Waals surface area contributed by atoms with Crippen molar-refractivity contribution >= 4 is 10.0 Å². The molecule has 0 saturated carbocycles. The predicted molar refractivity (Wildman–Crippen MR) is 97.2 cm³/mol. The number of halogens is 3. The van der Waals surface area contributed by atoms with E-state index in [1.54, 1.807) is 6.07 Å². The van der Waals surface area contributed by atoms with Crippen molar-refractivity contribution < 1.29 is 41.3 Å². The van der Waals surface area contributed by atoms with Crippen molar-refractivity contribution in [2.45, 2.75) is 23.2 Å². The van der Waals surface area contributed by atoms with Crippen LogP contribution in [0.3, 0.4) is 0 Å². The summed E-state index contributed by atoms with van der Waals surface area (Å²) >= 11 is 0. The Balaban J connectivity index is 1.82. The molecule has 3 rings (SSSR count). The molecule has 31 heavy (non-hydrogen) atoms. The smallest absolute Gasteiger partial charge is 0.388 e. The fraction of sp³-hybridized carbons (Fsp3) is 0.333. The van der Waals surface area contributed by atoms with Crippen LogP contribution in [0.5, 0.6) is 11.6 Å². The normalized spacial score (nSPS) is 21.8. The SMILES string of the molecule is N#Cc1ccc(O[C@@H]2CN(S(=O)(=O)c3ccc(OC(F)F)nc3)C[C@@]2(O)CO)cc1F. The van der Waals surface area contributed by atoms with Crippen LogP contribution in [0.2, 0.25) is 0 Å². The van der Waals surface area contributed by atoms with Crippen molar-refractivity contribution in [2.24, 2.45) is 0 Å². The summed E-state index contributed by atoms with van der Waals surface area (Å²) < 4.78 is 74.4. The molecule has 2 aromatic rings. The molecule has 1 aliphatic rings. The van der Waals surface area contributed by atoms with E-state index in [0.29, 0.717) is 0 Å². The number of rotatable bonds is 7. The molecule has 0 amide bonds. The molecule has 13 heteroatoms. The lowest BCUT2D eigenvalue weighted by Crippen LogP contribution is -2.48. The van der Waals surface area contributed by atoms with Gasteiger partial charge in [-0.25, -0.2) is 17.8 Å². The number of benzene rings is 1. The van der Waals surface area contributed by atoms with Crippen LogP contribution >= 0.6 is 0 Å². The molecule has 1 aromatic heterocycles. The molecule has 1 aliphatic heterocycles. The second kappa shape index (κ2) is 8.67. The number of β-amino-alcohol motifs (C(OH)–C–C–N with tert-alkyl or cyclic N) is 1. The maximum atomic E-state index is 13.8. The summed E-state index contributed by atoms with van der Waals surface area (Å²) in [4.78, 5) is 3.15. The Morgan fingerprint density at radius 3 is 2.65 bits per heavy atom. The number of aromatic nitrogens is 1. The molecular weight excluding hydrogens is 443 g/mol. The molecule has 0 unspecified atom stereocenters. The Morgan fingerprint density at radius 1 is 1.35 bits per heavy atom. The second-order valence-corrected chi connectivity index (χ2v) is 8.57. The number of alkyl halides is 2. The van der Waals surface area contributed by atoms with E-state index in [2.05, 4.69) is 9.72 Å². The van der Waals surface area contributed by atoms with Gasteiger partial charge in [0.1, 0.15) is 34.2 Å². The van der Waals surface area contributed by atoms with Crippen molar-refractivity contribution in [3.05, 3.63) is 47.9 Å². The van der Waals surface area contributed by atoms with Gasteiger partial charge in [0.25, 0.3) is 0 Å². The van der Waals surface area contributed by atoms with Gasteiger partial charge in [0.2, 0.25) is 15.9 Å². The zero-order chi connectivity index (χ0) is 22.8. The Labute approximate surface area is 174 Å². The molecule has 166 valence electrons. The van der Waals surface area contributed by atoms with E-state index in [1.165, 1.54) is 6.07 Å². The number of sulfonamides is 1. The third-order valence-electron chi connectivity index (χ3n) is 4.59. The number of nitrogens with zero attached hydrogens (tertiary/aromatic N) is 3. The standard InChI is InChI=1S/C18H16F3N3O6S/c19-14-5-12(2-1-11(14)6-22)29-15-8-24(9-18(15,26)10-25)31(27,28)13-3-4-16(23-7-13)30-17(20)21/h1-5,7,15,17,25-26H,8-10H2/t15-,18-/m1/s1. The van der Waals surface area contributed by atoms with E-state index in [-0.39, 0.29) is 16.2 Å². The maximum Gasteiger partial charge on any atom is 0.388 e. The highest BCUT2D eigenvalue weighted by Crippen LogP contribution is 2.31. The quantitative estimate of drug-likeness (QED) is 0.623. The summed E-state index contributed by atoms with van der Waals surface area (Å²) in [6.07, 6.45) is -0.455. The number of aliphatic hydroxyl groups excluding tert-OH is 1. The first-order valence-electron chi connectivity index (χ1n) is 8.69. The summed E-state index contributed by atoms with van der Waals surface area (Å²) in [5.74, 6) is -1.43. The van der Waals surface area contributed by atoms with Crippen molar-refractivity contribution in [3.8, 4) is 17.7 Å². The zero-order valence-corrected chi connectivity index (χ0v) is 16.5. The molecule has 1 saturated heterocycles. The van der Waals surface area contributed by atoms with Crippen LogP contribution < -0.4 is 9.47 Å². The Kier molecular flexibility index (Phi) is 6.37. The van der Waals surface area contributed by atoms with E-state index in [9.17, 15) is 31.8 Å². The topological polar surface area (TPSA) is 133 Å². The van der Waals surface area contributed by atoms with Crippen molar-refractivity contribution in [3.63, 3.8) is 0 Å². The minimum absolute atomic E-state index is 0.0807. The molecule has 1 fully saturated rings. The van der Waals surface area contributed by atoms with E-state index < -0.39 is 59.7 Å². The van der Waals surface area contributed by atoms with E-state index in [0.717, 1.165) is 34.8 Å². The lowest BCUT2D eigenvalue weighted by atomic mass is 10.0. The maximum absolute atomic E-state index is 13.8. The number of nitriles is 1. The van der Waals surface area contributed by atoms with Crippen LogP contribution in [0.1, 0.15) is 5.56 Å². The highest BCUT2D eigenvalue weighted by atomic mass is 32.2. The summed E-state index contributed by atoms with van der Waals surface area (Å²) in [6, 6.07) is 6.91. The fourth-order valence-corrected chi connectivity index (χ4v) is 4.41. The van der Waals surface area contributed by atoms with Crippen LogP contribution in [0.4, 0.5) is 13.2 Å². The van der Waals surface area contributed by atoms with Gasteiger partial charge in [0.15, 0.2) is 0 Å². The molecule has 0 bridgehead atoms. The van der Waals surface area contributed by atoms with E-state index >= 15 is 0 Å². The minimum Gasteiger partial charge on any atom is -0.486 e. The van der Waals surface area contributed by atoms with Crippen LogP contribution in [0.15, 0.2) is 41.4 Å². The van der Waals surface area contributed by atoms with Gasteiger partial charge < -0.3 is 19.7 Å². The van der Waals surface area contributed by atoms with Gasteiger partial charge in [-0.3, -0.25) is 0 Å². The number of aliphatic hydroxyl groups is 2. The molecule has 0 aliphatic carbocycles. The Bertz CT molecular complexity index is 1090. The van der Waals surface area contributed by atoms with Gasteiger partial charge in [-0.15, -0.1) is 0 Å². The lowest BCUT2D eigenvalue weighted by Gasteiger charge is -2.27. The van der Waals surface area contributed by atoms with E-state index in [4.69, 9.17) is 10.00 Å². The fourth-order valence-electron chi connectivity index (χ4n) is 2.96. The molecular formula is C18H16F3N3O6S. The summed E-state index contributed by atoms with van der Waals surface area (Å²) in [5.41, 5.74) is -2.24. The Hall–Kier alpha value is -2.92. The second-order valence-electron chi connectivity index (χ2n) is 6.63. The van der Waals surface area contributed by atoms with Crippen molar-refractivity contribution in [1.29, 1.82) is 5.26 Å². The van der Waals surface area contributed by atoms with Crippen LogP contribution in [-0.2, 0) is 10.0 Å². The first kappa shape index (κ1) is 22.8. The average molecular weight is 459 g/mol. The molecule has 2 heterocycles. The van der Waals surface area contributed by atoms with Crippen LogP contribution in [0.25, 0.3) is 0 Å². The van der Waals surface area contributed by atoms with Gasteiger partial charge in [-0.05, 0) is 18.2 Å². The predicted octanol–water partition coefficient (Wildman–Crippen LogP) is 0.869. The first-order chi connectivity index (χ1) is 14.6. The minimum atomic E-state index is -4.25. The highest BCUT2D eigenvalue weighted by Gasteiger charge is 2.50. The largest absolute Gasteiger partial charge is 0.486 e. The molecule has 9 nitrogen and oxygen atoms in total. The molecule has 2 N–H and O–H groups in total. The van der Waals surface area contributed by atoms with Crippen LogP contribution in [-0.4, -0.2) is 65.9 Å². The average Bonchev–Trinajstić information content (AvgIpc) is 3.06. The van der Waals surface area contributed by atoms with Gasteiger partial charge in [0, 0.05) is 18.7 Å². The zero-order valence-electron chi connectivity index (χ0n) is 15.7. The molecule has 0 radical (unpaired) electrons. The third-order valence-corrected chi connectivity index (χ3v) is 6.38. The Morgan fingerprint density at radius 2 is 2.10 bits per heavy atom. The van der Waals surface area contributed by atoms with Crippen LogP contribution in [0, 0.1) is 17.1 Å². The lowest BCUT2D eigenvalue weighted by molar-refractivity contribution is -0.0641. The monoisotopic (exact) mass is 459 g/mol. The van der Waals surface area contributed by atoms with Gasteiger partial charge in [0.05, 0.1) is 24.9 Å². The van der Waals surface area contributed by atoms with Gasteiger partial charge >= 0.3 is 6.61 Å². The molecule has 2 atom stereocenters. The molecule has 0 spiro atoms. The summed E-state index contributed by atoms with van der Waals surface area (Å²) in [5, 5.41) is 29.1.